The molecule has 1 aromatic heterocycles. The fraction of sp³-hybridized carbons (Fsp3) is 0.435. The van der Waals surface area contributed by atoms with Gasteiger partial charge in [-0.3, -0.25) is 0 Å². The summed E-state index contributed by atoms with van der Waals surface area (Å²) in [4.78, 5) is 10.8. The smallest absolute Gasteiger partial charge is 0.399 e. The Morgan fingerprint density at radius 1 is 1.03 bits per heavy atom. The molecule has 1 aliphatic carbocycles. The number of rotatable bonds is 5. The molecule has 1 saturated carbocycles. The van der Waals surface area contributed by atoms with Crippen LogP contribution in [0.15, 0.2) is 48.5 Å². The third-order valence-corrected chi connectivity index (χ3v) is 6.48. The van der Waals surface area contributed by atoms with Gasteiger partial charge >= 0.3 is 7.12 Å². The lowest BCUT2D eigenvalue weighted by Crippen LogP contribution is -2.41. The number of nitrogens with one attached hydrogen (secondary N) is 1. The second kappa shape index (κ2) is 6.61. The van der Waals surface area contributed by atoms with Crippen molar-refractivity contribution < 1.29 is 9.31 Å². The summed E-state index contributed by atoms with van der Waals surface area (Å²) in [6.07, 6.45) is 2.45. The van der Waals surface area contributed by atoms with Gasteiger partial charge in [-0.05, 0) is 63.7 Å². The van der Waals surface area contributed by atoms with E-state index in [2.05, 4.69) is 86.1 Å². The number of hydrogen-bond acceptors (Lipinski definition) is 4. The molecule has 1 N–H and O–H groups in total. The van der Waals surface area contributed by atoms with Crippen LogP contribution in [0.5, 0.6) is 0 Å². The highest BCUT2D eigenvalue weighted by Crippen LogP contribution is 2.37. The van der Waals surface area contributed by atoms with Gasteiger partial charge in [0.2, 0.25) is 5.95 Å². The minimum Gasteiger partial charge on any atom is -0.399 e. The van der Waals surface area contributed by atoms with Crippen LogP contribution in [0.2, 0.25) is 0 Å². The molecule has 0 spiro atoms. The first-order valence-electron chi connectivity index (χ1n) is 10.5. The lowest BCUT2D eigenvalue weighted by molar-refractivity contribution is 0.00578. The summed E-state index contributed by atoms with van der Waals surface area (Å²) in [6.45, 7) is 9.19. The molecule has 1 saturated heterocycles. The number of fused-ring (bicyclic) bond motifs is 1. The Morgan fingerprint density at radius 2 is 1.72 bits per heavy atom. The minimum atomic E-state index is -0.367. The normalized spacial score (nSPS) is 20.3. The van der Waals surface area contributed by atoms with Crippen molar-refractivity contribution in [3.63, 3.8) is 0 Å². The lowest BCUT2D eigenvalue weighted by Gasteiger charge is -2.32. The standard InChI is InChI=1S/C23H28BN3O2/c1-22(2)23(3,4)29-24(28-22)17-10-13-19-20(14-17)26-21(25-19)27(18-11-12-18)15-16-8-6-5-7-9-16/h5-10,13-14,18H,11-12,15H2,1-4H3,(H,25,26). The Bertz CT molecular complexity index is 1010. The van der Waals surface area contributed by atoms with Crippen molar-refractivity contribution in [3.8, 4) is 0 Å². The van der Waals surface area contributed by atoms with Gasteiger partial charge < -0.3 is 19.2 Å². The number of hydrogen-bond donors (Lipinski definition) is 1. The van der Waals surface area contributed by atoms with Gasteiger partial charge in [0, 0.05) is 12.6 Å². The Balaban J connectivity index is 1.43. The van der Waals surface area contributed by atoms with Crippen molar-refractivity contribution in [2.75, 3.05) is 4.90 Å². The Hall–Kier alpha value is -2.31. The zero-order valence-electron chi connectivity index (χ0n) is 17.6. The van der Waals surface area contributed by atoms with Gasteiger partial charge in [-0.15, -0.1) is 0 Å². The van der Waals surface area contributed by atoms with Gasteiger partial charge in [0.1, 0.15) is 0 Å². The van der Waals surface area contributed by atoms with Crippen molar-refractivity contribution in [1.29, 1.82) is 0 Å². The van der Waals surface area contributed by atoms with Crippen LogP contribution in [0, 0.1) is 0 Å². The molecule has 0 bridgehead atoms. The van der Waals surface area contributed by atoms with Crippen molar-refractivity contribution in [3.05, 3.63) is 54.1 Å². The summed E-state index contributed by atoms with van der Waals surface area (Å²) < 4.78 is 12.4. The van der Waals surface area contributed by atoms with Crippen LogP contribution in [0.25, 0.3) is 11.0 Å². The molecule has 0 radical (unpaired) electrons. The van der Waals surface area contributed by atoms with E-state index in [0.717, 1.165) is 29.0 Å². The SMILES string of the molecule is CC1(C)OB(c2ccc3[nH]c(N(Cc4ccccc4)C4CC4)nc3c2)OC1(C)C. The van der Waals surface area contributed by atoms with Crippen molar-refractivity contribution in [2.45, 2.75) is 64.3 Å². The zero-order valence-corrected chi connectivity index (χ0v) is 17.6. The van der Waals surface area contributed by atoms with Gasteiger partial charge in [-0.25, -0.2) is 4.98 Å². The highest BCUT2D eigenvalue weighted by Gasteiger charge is 2.51. The molecule has 0 atom stereocenters. The molecule has 2 heterocycles. The van der Waals surface area contributed by atoms with Crippen LogP contribution >= 0.6 is 0 Å². The molecule has 0 unspecified atom stereocenters. The molecular weight excluding hydrogens is 361 g/mol. The summed E-state index contributed by atoms with van der Waals surface area (Å²) in [7, 11) is -0.367. The quantitative estimate of drug-likeness (QED) is 0.670. The zero-order chi connectivity index (χ0) is 20.2. The fourth-order valence-electron chi connectivity index (χ4n) is 3.81. The third kappa shape index (κ3) is 3.45. The summed E-state index contributed by atoms with van der Waals surface area (Å²) in [5.74, 6) is 0.942. The molecule has 3 aromatic rings. The molecule has 2 fully saturated rings. The molecule has 0 amide bonds. The minimum absolute atomic E-state index is 0.345. The van der Waals surface area contributed by atoms with E-state index in [0.29, 0.717) is 6.04 Å². The largest absolute Gasteiger partial charge is 0.494 e. The number of anilines is 1. The molecule has 5 nitrogen and oxygen atoms in total. The first-order valence-corrected chi connectivity index (χ1v) is 10.5. The number of nitrogens with zero attached hydrogens (tertiary/aromatic N) is 2. The van der Waals surface area contributed by atoms with Crippen LogP contribution in [-0.2, 0) is 15.9 Å². The van der Waals surface area contributed by atoms with E-state index in [9.17, 15) is 0 Å². The Kier molecular flexibility index (Phi) is 4.26. The Labute approximate surface area is 172 Å². The highest BCUT2D eigenvalue weighted by molar-refractivity contribution is 6.62. The monoisotopic (exact) mass is 389 g/mol. The first-order chi connectivity index (χ1) is 13.8. The summed E-state index contributed by atoms with van der Waals surface area (Å²) in [5, 5.41) is 0. The van der Waals surface area contributed by atoms with E-state index in [4.69, 9.17) is 14.3 Å². The van der Waals surface area contributed by atoms with E-state index < -0.39 is 0 Å². The number of H-pyrrole nitrogens is 1. The number of imidazole rings is 1. The van der Waals surface area contributed by atoms with Gasteiger partial charge in [0.05, 0.1) is 22.2 Å². The first kappa shape index (κ1) is 18.7. The summed E-state index contributed by atoms with van der Waals surface area (Å²) in [5.41, 5.74) is 3.61. The predicted octanol–water partition coefficient (Wildman–Crippen LogP) is 4.03. The number of benzene rings is 2. The van der Waals surface area contributed by atoms with Crippen LogP contribution in [0.4, 0.5) is 5.95 Å². The molecule has 2 aliphatic rings. The predicted molar refractivity (Wildman–Crippen MR) is 117 cm³/mol. The van der Waals surface area contributed by atoms with E-state index in [1.165, 1.54) is 18.4 Å². The van der Waals surface area contributed by atoms with Gasteiger partial charge in [-0.2, -0.15) is 0 Å². The van der Waals surface area contributed by atoms with Gasteiger partial charge in [-0.1, -0.05) is 36.4 Å². The molecular formula is C23H28BN3O2. The maximum absolute atomic E-state index is 6.21. The Morgan fingerprint density at radius 3 is 2.38 bits per heavy atom. The van der Waals surface area contributed by atoms with Crippen LogP contribution < -0.4 is 10.4 Å². The maximum Gasteiger partial charge on any atom is 0.494 e. The van der Waals surface area contributed by atoms with Crippen LogP contribution in [0.1, 0.15) is 46.1 Å². The molecule has 1 aliphatic heterocycles. The average Bonchev–Trinajstić information content (AvgIpc) is 3.38. The molecule has 6 heteroatoms. The number of aromatic amines is 1. The van der Waals surface area contributed by atoms with E-state index in [1.807, 2.05) is 0 Å². The second-order valence-corrected chi connectivity index (χ2v) is 9.27. The van der Waals surface area contributed by atoms with Crippen LogP contribution in [-0.4, -0.2) is 34.3 Å². The van der Waals surface area contributed by atoms with Crippen molar-refractivity contribution >= 4 is 29.6 Å². The van der Waals surface area contributed by atoms with E-state index in [-0.39, 0.29) is 18.3 Å². The highest BCUT2D eigenvalue weighted by atomic mass is 16.7. The number of aromatic nitrogens is 2. The molecule has 5 rings (SSSR count). The third-order valence-electron chi connectivity index (χ3n) is 6.48. The molecule has 2 aromatic carbocycles. The van der Waals surface area contributed by atoms with Gasteiger partial charge in [0.25, 0.3) is 0 Å². The average molecular weight is 389 g/mol. The van der Waals surface area contributed by atoms with Crippen molar-refractivity contribution in [2.24, 2.45) is 0 Å². The topological polar surface area (TPSA) is 50.4 Å². The fourth-order valence-corrected chi connectivity index (χ4v) is 3.81. The summed E-state index contributed by atoms with van der Waals surface area (Å²) in [6, 6.07) is 17.4. The van der Waals surface area contributed by atoms with E-state index >= 15 is 0 Å². The maximum atomic E-state index is 6.21. The summed E-state index contributed by atoms with van der Waals surface area (Å²) >= 11 is 0. The van der Waals surface area contributed by atoms with E-state index in [1.54, 1.807) is 0 Å². The van der Waals surface area contributed by atoms with Crippen molar-refractivity contribution in [1.82, 2.24) is 9.97 Å². The van der Waals surface area contributed by atoms with Gasteiger partial charge in [0.15, 0.2) is 0 Å². The molecule has 150 valence electrons. The lowest BCUT2D eigenvalue weighted by atomic mass is 9.79. The van der Waals surface area contributed by atoms with Crippen LogP contribution in [0.3, 0.4) is 0 Å². The molecule has 29 heavy (non-hydrogen) atoms. The second-order valence-electron chi connectivity index (χ2n) is 9.27.